The van der Waals surface area contributed by atoms with Crippen molar-refractivity contribution in [3.63, 3.8) is 0 Å². The van der Waals surface area contributed by atoms with Gasteiger partial charge in [0, 0.05) is 12.7 Å². The maximum absolute atomic E-state index is 13.0. The van der Waals surface area contributed by atoms with Gasteiger partial charge in [0.15, 0.2) is 0 Å². The predicted molar refractivity (Wildman–Crippen MR) is 66.0 cm³/mol. The molecule has 104 valence electrons. The van der Waals surface area contributed by atoms with Crippen molar-refractivity contribution in [2.75, 3.05) is 18.5 Å². The molecule has 0 fully saturated rings. The van der Waals surface area contributed by atoms with Gasteiger partial charge in [0.25, 0.3) is 0 Å². The molecule has 0 saturated carbocycles. The molecule has 0 radical (unpaired) electrons. The Balaban J connectivity index is 2.37. The van der Waals surface area contributed by atoms with Gasteiger partial charge in [-0.1, -0.05) is 19.1 Å². The van der Waals surface area contributed by atoms with Crippen LogP contribution in [0.4, 0.5) is 18.9 Å². The van der Waals surface area contributed by atoms with Crippen LogP contribution in [0.5, 0.6) is 0 Å². The molecule has 0 saturated heterocycles. The molecule has 1 N–H and O–H groups in total. The van der Waals surface area contributed by atoms with Crippen LogP contribution >= 0.6 is 0 Å². The quantitative estimate of drug-likeness (QED) is 0.916. The fourth-order valence-corrected chi connectivity index (χ4v) is 2.30. The second-order valence-electron chi connectivity index (χ2n) is 4.55. The Morgan fingerprint density at radius 1 is 1.42 bits per heavy atom. The summed E-state index contributed by atoms with van der Waals surface area (Å²) >= 11 is 0. The average Bonchev–Trinajstić information content (AvgIpc) is 2.60. The molecule has 1 aromatic carbocycles. The van der Waals surface area contributed by atoms with E-state index in [1.807, 2.05) is 0 Å². The van der Waals surface area contributed by atoms with Crippen LogP contribution in [0.3, 0.4) is 0 Å². The molecule has 1 aliphatic rings. The van der Waals surface area contributed by atoms with E-state index in [2.05, 4.69) is 5.32 Å². The third-order valence-corrected chi connectivity index (χ3v) is 3.25. The second kappa shape index (κ2) is 4.85. The third-order valence-electron chi connectivity index (χ3n) is 3.25. The summed E-state index contributed by atoms with van der Waals surface area (Å²) in [6.45, 7) is 1.85. The molecule has 0 spiro atoms. The number of halogens is 3. The van der Waals surface area contributed by atoms with Crippen molar-refractivity contribution in [3.8, 4) is 0 Å². The third kappa shape index (κ3) is 2.58. The van der Waals surface area contributed by atoms with E-state index >= 15 is 0 Å². The SMILES string of the molecule is CCNC(c1ccc2c(c1)CC(=O)N2C)C(F)(F)F. The van der Waals surface area contributed by atoms with E-state index in [4.69, 9.17) is 0 Å². The number of rotatable bonds is 3. The zero-order valence-electron chi connectivity index (χ0n) is 10.7. The number of fused-ring (bicyclic) bond motifs is 1. The Hall–Kier alpha value is -1.56. The Labute approximate surface area is 109 Å². The fraction of sp³-hybridized carbons (Fsp3) is 0.462. The van der Waals surface area contributed by atoms with Crippen LogP contribution in [0.25, 0.3) is 0 Å². The lowest BCUT2D eigenvalue weighted by Crippen LogP contribution is -2.34. The summed E-state index contributed by atoms with van der Waals surface area (Å²) in [4.78, 5) is 13.0. The number of anilines is 1. The monoisotopic (exact) mass is 272 g/mol. The largest absolute Gasteiger partial charge is 0.407 e. The van der Waals surface area contributed by atoms with Crippen LogP contribution in [-0.4, -0.2) is 25.7 Å². The van der Waals surface area contributed by atoms with Gasteiger partial charge in [-0.25, -0.2) is 0 Å². The van der Waals surface area contributed by atoms with Crippen molar-refractivity contribution in [2.24, 2.45) is 0 Å². The summed E-state index contributed by atoms with van der Waals surface area (Å²) in [6.07, 6.45) is -4.19. The Morgan fingerprint density at radius 3 is 2.68 bits per heavy atom. The molecule has 1 aromatic rings. The number of benzene rings is 1. The number of amides is 1. The summed E-state index contributed by atoms with van der Waals surface area (Å²) in [5.41, 5.74) is 1.49. The lowest BCUT2D eigenvalue weighted by atomic mass is 10.0. The zero-order valence-corrected chi connectivity index (χ0v) is 10.7. The molecule has 0 aromatic heterocycles. The summed E-state index contributed by atoms with van der Waals surface area (Å²) in [7, 11) is 1.62. The van der Waals surface area contributed by atoms with Gasteiger partial charge in [-0.05, 0) is 23.7 Å². The molecule has 2 rings (SSSR count). The fourth-order valence-electron chi connectivity index (χ4n) is 2.30. The van der Waals surface area contributed by atoms with Gasteiger partial charge >= 0.3 is 6.18 Å². The number of nitrogens with one attached hydrogen (secondary N) is 1. The zero-order chi connectivity index (χ0) is 14.2. The van der Waals surface area contributed by atoms with Gasteiger partial charge in [0.2, 0.25) is 5.91 Å². The number of hydrogen-bond donors (Lipinski definition) is 1. The van der Waals surface area contributed by atoms with Gasteiger partial charge < -0.3 is 10.2 Å². The lowest BCUT2D eigenvalue weighted by molar-refractivity contribution is -0.157. The highest BCUT2D eigenvalue weighted by Gasteiger charge is 2.40. The van der Waals surface area contributed by atoms with Gasteiger partial charge in [0.1, 0.15) is 6.04 Å². The Morgan fingerprint density at radius 2 is 2.11 bits per heavy atom. The topological polar surface area (TPSA) is 32.3 Å². The average molecular weight is 272 g/mol. The number of carbonyl (C=O) groups is 1. The lowest BCUT2D eigenvalue weighted by Gasteiger charge is -2.22. The number of hydrogen-bond acceptors (Lipinski definition) is 2. The maximum atomic E-state index is 13.0. The van der Waals surface area contributed by atoms with Crippen LogP contribution in [0.15, 0.2) is 18.2 Å². The van der Waals surface area contributed by atoms with Gasteiger partial charge in [0.05, 0.1) is 6.42 Å². The normalized spacial score (nSPS) is 16.7. The first-order valence-electron chi connectivity index (χ1n) is 6.04. The van der Waals surface area contributed by atoms with Crippen molar-refractivity contribution in [3.05, 3.63) is 29.3 Å². The van der Waals surface area contributed by atoms with E-state index in [0.29, 0.717) is 11.3 Å². The Bertz CT molecular complexity index is 499. The molecule has 6 heteroatoms. The van der Waals surface area contributed by atoms with Gasteiger partial charge in [-0.3, -0.25) is 4.79 Å². The molecule has 1 atom stereocenters. The standard InChI is InChI=1S/C13H15F3N2O/c1-3-17-12(13(14,15)16)8-4-5-10-9(6-8)7-11(19)18(10)2/h4-6,12,17H,3,7H2,1-2H3. The highest BCUT2D eigenvalue weighted by Crippen LogP contribution is 2.36. The van der Waals surface area contributed by atoms with E-state index in [1.54, 1.807) is 20.0 Å². The molecule has 1 amide bonds. The van der Waals surface area contributed by atoms with Gasteiger partial charge in [-0.15, -0.1) is 0 Å². The van der Waals surface area contributed by atoms with Crippen molar-refractivity contribution in [1.82, 2.24) is 5.32 Å². The van der Waals surface area contributed by atoms with Crippen LogP contribution in [0, 0.1) is 0 Å². The van der Waals surface area contributed by atoms with Crippen molar-refractivity contribution in [1.29, 1.82) is 0 Å². The minimum atomic E-state index is -4.35. The molecule has 0 aliphatic carbocycles. The van der Waals surface area contributed by atoms with E-state index in [-0.39, 0.29) is 24.4 Å². The predicted octanol–water partition coefficient (Wildman–Crippen LogP) is 2.42. The minimum absolute atomic E-state index is 0.0980. The smallest absolute Gasteiger partial charge is 0.315 e. The molecule has 1 heterocycles. The molecular weight excluding hydrogens is 257 g/mol. The highest BCUT2D eigenvalue weighted by atomic mass is 19.4. The van der Waals surface area contributed by atoms with E-state index in [0.717, 1.165) is 0 Å². The van der Waals surface area contributed by atoms with Gasteiger partial charge in [-0.2, -0.15) is 13.2 Å². The summed E-state index contributed by atoms with van der Waals surface area (Å²) in [6, 6.07) is 2.78. The van der Waals surface area contributed by atoms with Crippen LogP contribution in [0.2, 0.25) is 0 Å². The summed E-state index contributed by atoms with van der Waals surface area (Å²) < 4.78 is 38.9. The van der Waals surface area contributed by atoms with Crippen LogP contribution in [0.1, 0.15) is 24.1 Å². The van der Waals surface area contributed by atoms with Crippen molar-refractivity contribution < 1.29 is 18.0 Å². The first-order chi connectivity index (χ1) is 8.84. The van der Waals surface area contributed by atoms with Crippen molar-refractivity contribution >= 4 is 11.6 Å². The molecule has 1 aliphatic heterocycles. The molecule has 3 nitrogen and oxygen atoms in total. The molecule has 0 bridgehead atoms. The minimum Gasteiger partial charge on any atom is -0.315 e. The van der Waals surface area contributed by atoms with E-state index in [1.165, 1.54) is 17.0 Å². The first kappa shape index (κ1) is 13.9. The number of likely N-dealkylation sites (N-methyl/N-ethyl adjacent to an activating group) is 1. The first-order valence-corrected chi connectivity index (χ1v) is 6.04. The summed E-state index contributed by atoms with van der Waals surface area (Å²) in [5, 5.41) is 2.43. The molecule has 1 unspecified atom stereocenters. The highest BCUT2D eigenvalue weighted by molar-refractivity contribution is 6.00. The van der Waals surface area contributed by atoms with Crippen LogP contribution in [-0.2, 0) is 11.2 Å². The molecular formula is C13H15F3N2O. The number of carbonyl (C=O) groups excluding carboxylic acids is 1. The molecule has 19 heavy (non-hydrogen) atoms. The maximum Gasteiger partial charge on any atom is 0.407 e. The second-order valence-corrected chi connectivity index (χ2v) is 4.55. The van der Waals surface area contributed by atoms with E-state index in [9.17, 15) is 18.0 Å². The van der Waals surface area contributed by atoms with Crippen LogP contribution < -0.4 is 10.2 Å². The van der Waals surface area contributed by atoms with Crippen molar-refractivity contribution in [2.45, 2.75) is 25.6 Å². The van der Waals surface area contributed by atoms with E-state index < -0.39 is 12.2 Å². The summed E-state index contributed by atoms with van der Waals surface area (Å²) in [5.74, 6) is -0.0980. The number of nitrogens with zero attached hydrogens (tertiary/aromatic N) is 1. The number of alkyl halides is 3. The Kier molecular flexibility index (Phi) is 3.54.